The minimum atomic E-state index is -0.0336. The van der Waals surface area contributed by atoms with E-state index in [-0.39, 0.29) is 24.5 Å². The van der Waals surface area contributed by atoms with Crippen LogP contribution in [0.4, 0.5) is 0 Å². The topological polar surface area (TPSA) is 59.1 Å². The number of morpholine rings is 1. The molecule has 3 fully saturated rings. The zero-order valence-corrected chi connectivity index (χ0v) is 18.5. The molecule has 0 bridgehead atoms. The van der Waals surface area contributed by atoms with Crippen LogP contribution in [0.2, 0.25) is 0 Å². The van der Waals surface area contributed by atoms with E-state index < -0.39 is 0 Å². The Kier molecular flexibility index (Phi) is 7.07. The van der Waals surface area contributed by atoms with Crippen LogP contribution in [0.25, 0.3) is 6.08 Å². The second kappa shape index (κ2) is 9.94. The Balaban J connectivity index is 1.34. The SMILES string of the molecule is O=C(COc1ccc(/C=C2\SC(=S)N(C3CCCCC3)C2=O)cc1)N1CCOCC1. The molecular weight excluding hydrogens is 420 g/mol. The summed E-state index contributed by atoms with van der Waals surface area (Å²) in [6.07, 6.45) is 7.52. The third-order valence-corrected chi connectivity index (χ3v) is 7.00. The molecule has 2 aliphatic heterocycles. The summed E-state index contributed by atoms with van der Waals surface area (Å²) in [4.78, 5) is 29.3. The predicted molar refractivity (Wildman–Crippen MR) is 121 cm³/mol. The Morgan fingerprint density at radius 2 is 1.87 bits per heavy atom. The van der Waals surface area contributed by atoms with Crippen molar-refractivity contribution < 1.29 is 19.1 Å². The van der Waals surface area contributed by atoms with E-state index in [1.807, 2.05) is 35.2 Å². The van der Waals surface area contributed by atoms with E-state index in [2.05, 4.69) is 0 Å². The van der Waals surface area contributed by atoms with Crippen LogP contribution >= 0.6 is 24.0 Å². The van der Waals surface area contributed by atoms with Crippen LogP contribution in [-0.2, 0) is 14.3 Å². The van der Waals surface area contributed by atoms with Crippen molar-refractivity contribution in [1.29, 1.82) is 0 Å². The molecule has 160 valence electrons. The highest BCUT2D eigenvalue weighted by Crippen LogP contribution is 2.37. The molecule has 2 amide bonds. The number of rotatable bonds is 5. The standard InChI is InChI=1S/C22H26N2O4S2/c25-20(23-10-12-27-13-11-23)15-28-18-8-6-16(7-9-18)14-19-21(26)24(22(29)30-19)17-4-2-1-3-5-17/h6-9,14,17H,1-5,10-13,15H2/b19-14-. The molecule has 0 aromatic heterocycles. The lowest BCUT2D eigenvalue weighted by Crippen LogP contribution is -2.42. The van der Waals surface area contributed by atoms with Gasteiger partial charge in [-0.05, 0) is 36.6 Å². The summed E-state index contributed by atoms with van der Waals surface area (Å²) >= 11 is 6.87. The molecule has 6 nitrogen and oxygen atoms in total. The van der Waals surface area contributed by atoms with Gasteiger partial charge in [-0.2, -0.15) is 0 Å². The molecule has 1 aliphatic carbocycles. The van der Waals surface area contributed by atoms with Crippen molar-refractivity contribution in [3.8, 4) is 5.75 Å². The maximum atomic E-state index is 12.9. The van der Waals surface area contributed by atoms with Gasteiger partial charge in [-0.25, -0.2) is 0 Å². The lowest BCUT2D eigenvalue weighted by molar-refractivity contribution is -0.137. The van der Waals surface area contributed by atoms with E-state index in [0.29, 0.717) is 41.3 Å². The van der Waals surface area contributed by atoms with Crippen molar-refractivity contribution in [3.05, 3.63) is 34.7 Å². The van der Waals surface area contributed by atoms with E-state index in [4.69, 9.17) is 21.7 Å². The number of benzene rings is 1. The molecule has 0 spiro atoms. The number of thioether (sulfide) groups is 1. The number of thiocarbonyl (C=S) groups is 1. The van der Waals surface area contributed by atoms with Crippen molar-refractivity contribution in [2.75, 3.05) is 32.9 Å². The Bertz CT molecular complexity index is 828. The molecule has 1 aromatic rings. The highest BCUT2D eigenvalue weighted by molar-refractivity contribution is 8.26. The van der Waals surface area contributed by atoms with Gasteiger partial charge in [0, 0.05) is 19.1 Å². The Hall–Kier alpha value is -1.90. The van der Waals surface area contributed by atoms with Crippen molar-refractivity contribution >= 4 is 46.2 Å². The smallest absolute Gasteiger partial charge is 0.266 e. The Morgan fingerprint density at radius 3 is 2.57 bits per heavy atom. The lowest BCUT2D eigenvalue weighted by Gasteiger charge is -2.29. The normalized spacial score (nSPS) is 22.1. The average Bonchev–Trinajstić information content (AvgIpc) is 3.07. The van der Waals surface area contributed by atoms with E-state index in [1.165, 1.54) is 18.2 Å². The molecule has 0 atom stereocenters. The van der Waals surface area contributed by atoms with Gasteiger partial charge < -0.3 is 14.4 Å². The fourth-order valence-corrected chi connectivity index (χ4v) is 5.40. The van der Waals surface area contributed by atoms with Gasteiger partial charge in [0.1, 0.15) is 10.1 Å². The maximum absolute atomic E-state index is 12.9. The minimum absolute atomic E-state index is 0.0133. The zero-order chi connectivity index (χ0) is 20.9. The summed E-state index contributed by atoms with van der Waals surface area (Å²) in [5, 5.41) is 0. The van der Waals surface area contributed by atoms with Crippen molar-refractivity contribution in [1.82, 2.24) is 9.80 Å². The van der Waals surface area contributed by atoms with Gasteiger partial charge in [0.05, 0.1) is 18.1 Å². The van der Waals surface area contributed by atoms with Crippen LogP contribution in [0.5, 0.6) is 5.75 Å². The molecule has 30 heavy (non-hydrogen) atoms. The summed E-state index contributed by atoms with van der Waals surface area (Å²) in [6, 6.07) is 7.67. The van der Waals surface area contributed by atoms with Crippen molar-refractivity contribution in [2.24, 2.45) is 0 Å². The van der Waals surface area contributed by atoms with Gasteiger partial charge in [-0.3, -0.25) is 14.5 Å². The lowest BCUT2D eigenvalue weighted by atomic mass is 9.94. The third-order valence-electron chi connectivity index (χ3n) is 5.67. The number of hydrogen-bond acceptors (Lipinski definition) is 6. The average molecular weight is 447 g/mol. The first-order chi connectivity index (χ1) is 14.6. The van der Waals surface area contributed by atoms with Gasteiger partial charge in [-0.15, -0.1) is 0 Å². The number of nitrogens with zero attached hydrogens (tertiary/aromatic N) is 2. The van der Waals surface area contributed by atoms with Crippen molar-refractivity contribution in [3.63, 3.8) is 0 Å². The number of ether oxygens (including phenoxy) is 2. The van der Waals surface area contributed by atoms with Crippen LogP contribution in [0.3, 0.4) is 0 Å². The largest absolute Gasteiger partial charge is 0.484 e. The quantitative estimate of drug-likeness (QED) is 0.510. The second-order valence-corrected chi connectivity index (χ2v) is 9.37. The summed E-state index contributed by atoms with van der Waals surface area (Å²) in [6.45, 7) is 2.39. The number of carbonyl (C=O) groups excluding carboxylic acids is 2. The molecule has 4 rings (SSSR count). The first kappa shape index (κ1) is 21.3. The fourth-order valence-electron chi connectivity index (χ4n) is 3.99. The predicted octanol–water partition coefficient (Wildman–Crippen LogP) is 3.46. The Labute approximate surface area is 186 Å². The van der Waals surface area contributed by atoms with E-state index in [9.17, 15) is 9.59 Å². The van der Waals surface area contributed by atoms with Crippen LogP contribution in [0.1, 0.15) is 37.7 Å². The van der Waals surface area contributed by atoms with Crippen LogP contribution in [-0.4, -0.2) is 64.9 Å². The fraction of sp³-hybridized carbons (Fsp3) is 0.500. The van der Waals surface area contributed by atoms with Crippen LogP contribution < -0.4 is 4.74 Å². The number of hydrogen-bond donors (Lipinski definition) is 0. The van der Waals surface area contributed by atoms with Crippen molar-refractivity contribution in [2.45, 2.75) is 38.1 Å². The van der Waals surface area contributed by atoms with Gasteiger partial charge in [0.2, 0.25) is 0 Å². The number of amides is 2. The molecule has 8 heteroatoms. The summed E-state index contributed by atoms with van der Waals surface area (Å²) in [7, 11) is 0. The molecule has 0 N–H and O–H groups in total. The number of carbonyl (C=O) groups is 2. The van der Waals surface area contributed by atoms with E-state index in [1.54, 1.807) is 4.90 Å². The third kappa shape index (κ3) is 5.04. The summed E-state index contributed by atoms with van der Waals surface area (Å²) in [5.74, 6) is 0.616. The van der Waals surface area contributed by atoms with Crippen LogP contribution in [0, 0.1) is 0 Å². The maximum Gasteiger partial charge on any atom is 0.266 e. The van der Waals surface area contributed by atoms with Gasteiger partial charge in [0.15, 0.2) is 6.61 Å². The first-order valence-electron chi connectivity index (χ1n) is 10.5. The molecule has 1 aromatic carbocycles. The molecule has 2 saturated heterocycles. The molecule has 0 radical (unpaired) electrons. The van der Waals surface area contributed by atoms with Gasteiger partial charge in [0.25, 0.3) is 11.8 Å². The highest BCUT2D eigenvalue weighted by atomic mass is 32.2. The summed E-state index contributed by atoms with van der Waals surface area (Å²) in [5.41, 5.74) is 0.908. The highest BCUT2D eigenvalue weighted by Gasteiger charge is 2.37. The molecule has 2 heterocycles. The Morgan fingerprint density at radius 1 is 1.17 bits per heavy atom. The van der Waals surface area contributed by atoms with E-state index in [0.717, 1.165) is 31.2 Å². The van der Waals surface area contributed by atoms with E-state index >= 15 is 0 Å². The summed E-state index contributed by atoms with van der Waals surface area (Å²) < 4.78 is 11.6. The minimum Gasteiger partial charge on any atom is -0.484 e. The molecule has 0 unspecified atom stereocenters. The zero-order valence-electron chi connectivity index (χ0n) is 16.9. The van der Waals surface area contributed by atoms with Gasteiger partial charge in [-0.1, -0.05) is 55.4 Å². The second-order valence-electron chi connectivity index (χ2n) is 7.69. The molecule has 1 saturated carbocycles. The first-order valence-corrected chi connectivity index (χ1v) is 11.7. The van der Waals surface area contributed by atoms with Crippen LogP contribution in [0.15, 0.2) is 29.2 Å². The monoisotopic (exact) mass is 446 g/mol. The molecular formula is C22H26N2O4S2. The van der Waals surface area contributed by atoms with Gasteiger partial charge >= 0.3 is 0 Å². The molecule has 3 aliphatic rings.